The van der Waals surface area contributed by atoms with Crippen molar-refractivity contribution in [2.75, 3.05) is 5.32 Å². The van der Waals surface area contributed by atoms with Crippen LogP contribution in [0.5, 0.6) is 0 Å². The molecule has 0 spiro atoms. The second-order valence-electron chi connectivity index (χ2n) is 4.15. The number of hydrogen-bond acceptors (Lipinski definition) is 7. The quantitative estimate of drug-likeness (QED) is 0.574. The van der Waals surface area contributed by atoms with Crippen molar-refractivity contribution in [2.24, 2.45) is 0 Å². The fourth-order valence-corrected chi connectivity index (χ4v) is 2.41. The van der Waals surface area contributed by atoms with E-state index in [2.05, 4.69) is 15.5 Å². The maximum atomic E-state index is 10.6. The van der Waals surface area contributed by atoms with Crippen LogP contribution in [0.3, 0.4) is 0 Å². The molecule has 0 atom stereocenters. The van der Waals surface area contributed by atoms with E-state index in [1.165, 1.54) is 23.5 Å². The third kappa shape index (κ3) is 3.06. The van der Waals surface area contributed by atoms with E-state index < -0.39 is 4.92 Å². The molecule has 0 radical (unpaired) electrons. The van der Waals surface area contributed by atoms with Crippen molar-refractivity contribution in [3.05, 3.63) is 58.1 Å². The van der Waals surface area contributed by atoms with E-state index in [9.17, 15) is 10.1 Å². The SMILES string of the molecule is O=[N+]([O-])c1ccc(-c2nnc(NCc3ccccc3)s2)o1. The summed E-state index contributed by atoms with van der Waals surface area (Å²) in [5.41, 5.74) is 1.13. The zero-order valence-corrected chi connectivity index (χ0v) is 11.5. The molecule has 7 nitrogen and oxygen atoms in total. The van der Waals surface area contributed by atoms with Gasteiger partial charge in [-0.1, -0.05) is 41.7 Å². The molecule has 0 aliphatic heterocycles. The lowest BCUT2D eigenvalue weighted by atomic mass is 10.2. The molecule has 8 heteroatoms. The summed E-state index contributed by atoms with van der Waals surface area (Å²) in [6.45, 7) is 0.633. The highest BCUT2D eigenvalue weighted by atomic mass is 32.1. The summed E-state index contributed by atoms with van der Waals surface area (Å²) in [6.07, 6.45) is 0. The number of rotatable bonds is 5. The Morgan fingerprint density at radius 1 is 1.19 bits per heavy atom. The van der Waals surface area contributed by atoms with Crippen molar-refractivity contribution in [3.63, 3.8) is 0 Å². The highest BCUT2D eigenvalue weighted by molar-refractivity contribution is 7.18. The van der Waals surface area contributed by atoms with E-state index in [1.807, 2.05) is 30.3 Å². The summed E-state index contributed by atoms with van der Waals surface area (Å²) < 4.78 is 5.09. The lowest BCUT2D eigenvalue weighted by Gasteiger charge is -2.00. The van der Waals surface area contributed by atoms with E-state index >= 15 is 0 Å². The Morgan fingerprint density at radius 3 is 2.71 bits per heavy atom. The Morgan fingerprint density at radius 2 is 2.00 bits per heavy atom. The van der Waals surface area contributed by atoms with E-state index in [-0.39, 0.29) is 5.88 Å². The molecule has 0 aliphatic carbocycles. The van der Waals surface area contributed by atoms with Crippen molar-refractivity contribution in [2.45, 2.75) is 6.54 Å². The van der Waals surface area contributed by atoms with Crippen LogP contribution < -0.4 is 5.32 Å². The molecule has 0 aliphatic rings. The van der Waals surface area contributed by atoms with Crippen LogP contribution in [0.25, 0.3) is 10.8 Å². The number of furan rings is 1. The largest absolute Gasteiger partial charge is 0.433 e. The van der Waals surface area contributed by atoms with Crippen molar-refractivity contribution in [1.29, 1.82) is 0 Å². The lowest BCUT2D eigenvalue weighted by molar-refractivity contribution is -0.401. The summed E-state index contributed by atoms with van der Waals surface area (Å²) in [5.74, 6) is 0.0333. The predicted molar refractivity (Wildman–Crippen MR) is 78.0 cm³/mol. The molecule has 1 N–H and O–H groups in total. The van der Waals surface area contributed by atoms with Gasteiger partial charge >= 0.3 is 5.88 Å². The Balaban J connectivity index is 1.69. The first-order valence-corrected chi connectivity index (χ1v) is 6.90. The standard InChI is InChI=1S/C13H10N4O3S/c18-17(19)11-7-6-10(20-11)12-15-16-13(21-12)14-8-9-4-2-1-3-5-9/h1-7H,8H2,(H,14,16). The van der Waals surface area contributed by atoms with Crippen LogP contribution in [0.4, 0.5) is 11.0 Å². The van der Waals surface area contributed by atoms with Gasteiger partial charge in [-0.3, -0.25) is 10.1 Å². The molecule has 21 heavy (non-hydrogen) atoms. The highest BCUT2D eigenvalue weighted by Gasteiger charge is 2.16. The molecule has 2 aromatic heterocycles. The molecular weight excluding hydrogens is 292 g/mol. The maximum absolute atomic E-state index is 10.6. The minimum atomic E-state index is -0.584. The Hall–Kier alpha value is -2.74. The maximum Gasteiger partial charge on any atom is 0.433 e. The van der Waals surface area contributed by atoms with Gasteiger partial charge in [0.2, 0.25) is 5.13 Å². The molecule has 0 bridgehead atoms. The van der Waals surface area contributed by atoms with E-state index in [1.54, 1.807) is 0 Å². The topological polar surface area (TPSA) is 94.1 Å². The predicted octanol–water partition coefficient (Wildman–Crippen LogP) is 3.32. The number of aromatic nitrogens is 2. The number of nitrogens with zero attached hydrogens (tertiary/aromatic N) is 3. The van der Waals surface area contributed by atoms with Crippen LogP contribution in [0.1, 0.15) is 5.56 Å². The first kappa shape index (κ1) is 13.3. The van der Waals surface area contributed by atoms with Gasteiger partial charge in [0, 0.05) is 6.54 Å². The van der Waals surface area contributed by atoms with Crippen LogP contribution in [0.15, 0.2) is 46.9 Å². The van der Waals surface area contributed by atoms with E-state index in [0.29, 0.717) is 22.4 Å². The van der Waals surface area contributed by atoms with Gasteiger partial charge in [0.1, 0.15) is 4.92 Å². The van der Waals surface area contributed by atoms with Gasteiger partial charge in [-0.25, -0.2) is 0 Å². The van der Waals surface area contributed by atoms with Crippen LogP contribution in [0, 0.1) is 10.1 Å². The van der Waals surface area contributed by atoms with Crippen LogP contribution in [-0.2, 0) is 6.54 Å². The zero-order valence-electron chi connectivity index (χ0n) is 10.7. The molecule has 106 valence electrons. The molecule has 0 amide bonds. The Labute approximate surface area is 123 Å². The monoisotopic (exact) mass is 302 g/mol. The fourth-order valence-electron chi connectivity index (χ4n) is 1.71. The fraction of sp³-hybridized carbons (Fsp3) is 0.0769. The average Bonchev–Trinajstić information content (AvgIpc) is 3.15. The summed E-state index contributed by atoms with van der Waals surface area (Å²) >= 11 is 1.28. The molecule has 3 aromatic rings. The first-order valence-electron chi connectivity index (χ1n) is 6.08. The average molecular weight is 302 g/mol. The number of benzene rings is 1. The zero-order chi connectivity index (χ0) is 14.7. The Kier molecular flexibility index (Phi) is 3.61. The number of hydrogen-bond donors (Lipinski definition) is 1. The van der Waals surface area contributed by atoms with Gasteiger partial charge in [-0.05, 0) is 11.6 Å². The molecule has 0 saturated heterocycles. The molecule has 0 unspecified atom stereocenters. The number of anilines is 1. The van der Waals surface area contributed by atoms with E-state index in [0.717, 1.165) is 5.56 Å². The van der Waals surface area contributed by atoms with Crippen molar-refractivity contribution in [1.82, 2.24) is 10.2 Å². The molecule has 0 saturated carbocycles. The lowest BCUT2D eigenvalue weighted by Crippen LogP contribution is -1.98. The van der Waals surface area contributed by atoms with Crippen molar-refractivity contribution < 1.29 is 9.34 Å². The second kappa shape index (κ2) is 5.71. The Bertz CT molecular complexity index is 754. The van der Waals surface area contributed by atoms with Gasteiger partial charge in [0.15, 0.2) is 10.8 Å². The van der Waals surface area contributed by atoms with Gasteiger partial charge < -0.3 is 9.73 Å². The minimum Gasteiger partial charge on any atom is -0.398 e. The third-order valence-electron chi connectivity index (χ3n) is 2.69. The minimum absolute atomic E-state index is 0.306. The van der Waals surface area contributed by atoms with Gasteiger partial charge in [-0.2, -0.15) is 0 Å². The normalized spacial score (nSPS) is 10.5. The number of nitro groups is 1. The summed E-state index contributed by atoms with van der Waals surface area (Å²) in [6, 6.07) is 12.7. The van der Waals surface area contributed by atoms with Crippen LogP contribution in [0.2, 0.25) is 0 Å². The van der Waals surface area contributed by atoms with Crippen molar-refractivity contribution in [3.8, 4) is 10.8 Å². The summed E-state index contributed by atoms with van der Waals surface area (Å²) in [4.78, 5) is 9.99. The molecule has 3 rings (SSSR count). The smallest absolute Gasteiger partial charge is 0.398 e. The van der Waals surface area contributed by atoms with Crippen LogP contribution >= 0.6 is 11.3 Å². The summed E-state index contributed by atoms with van der Waals surface area (Å²) in [7, 11) is 0. The van der Waals surface area contributed by atoms with Gasteiger partial charge in [-0.15, -0.1) is 10.2 Å². The number of nitrogens with one attached hydrogen (secondary N) is 1. The van der Waals surface area contributed by atoms with Crippen LogP contribution in [-0.4, -0.2) is 15.1 Å². The third-order valence-corrected chi connectivity index (χ3v) is 3.59. The van der Waals surface area contributed by atoms with E-state index in [4.69, 9.17) is 4.42 Å². The summed E-state index contributed by atoms with van der Waals surface area (Å²) in [5, 5.41) is 22.8. The van der Waals surface area contributed by atoms with Gasteiger partial charge in [0.05, 0.1) is 6.07 Å². The highest BCUT2D eigenvalue weighted by Crippen LogP contribution is 2.30. The van der Waals surface area contributed by atoms with Crippen molar-refractivity contribution >= 4 is 22.4 Å². The molecule has 2 heterocycles. The first-order chi connectivity index (χ1) is 10.2. The molecule has 0 fully saturated rings. The molecular formula is C13H10N4O3S. The molecule has 1 aromatic carbocycles. The second-order valence-corrected chi connectivity index (χ2v) is 5.12. The van der Waals surface area contributed by atoms with Gasteiger partial charge in [0.25, 0.3) is 0 Å².